The number of thiophene rings is 1. The Bertz CT molecular complexity index is 2460. The third-order valence-corrected chi connectivity index (χ3v) is 9.78. The van der Waals surface area contributed by atoms with E-state index in [1.54, 1.807) is 11.3 Å². The molecular weight excluding hydrogens is 496 g/mol. The van der Waals surface area contributed by atoms with Crippen LogP contribution >= 0.6 is 11.3 Å². The van der Waals surface area contributed by atoms with Gasteiger partial charge in [0, 0.05) is 39.4 Å². The SMILES string of the molecule is [2H]c1c([2H])c([2H])[n+]2c(c1[2H])-c1c(ccc3c1oc1c3ccc3cc(C)sc31)C21c2cc(C)ccc2-c2cc(C)c(C)c[n+]21. The van der Waals surface area contributed by atoms with Gasteiger partial charge in [0.1, 0.15) is 23.6 Å². The van der Waals surface area contributed by atoms with Crippen molar-refractivity contribution in [1.29, 1.82) is 0 Å². The number of furan rings is 1. The van der Waals surface area contributed by atoms with E-state index in [2.05, 4.69) is 93.1 Å². The third kappa shape index (κ3) is 2.45. The summed E-state index contributed by atoms with van der Waals surface area (Å²) in [5, 5.41) is 3.07. The Balaban J connectivity index is 1.55. The summed E-state index contributed by atoms with van der Waals surface area (Å²) in [6, 6.07) is 18.6. The minimum atomic E-state index is -1.07. The molecule has 1 spiro atoms. The summed E-state index contributed by atoms with van der Waals surface area (Å²) in [6.07, 6.45) is 2.03. The van der Waals surface area contributed by atoms with Gasteiger partial charge in [-0.3, -0.25) is 0 Å². The molecule has 4 heteroatoms. The van der Waals surface area contributed by atoms with Gasteiger partial charge in [-0.05, 0) is 81.1 Å². The van der Waals surface area contributed by atoms with Crippen LogP contribution in [0.2, 0.25) is 0 Å². The molecule has 9 rings (SSSR count). The van der Waals surface area contributed by atoms with Crippen LogP contribution in [0, 0.1) is 27.7 Å². The summed E-state index contributed by atoms with van der Waals surface area (Å²) in [4.78, 5) is 1.21. The topological polar surface area (TPSA) is 20.9 Å². The van der Waals surface area contributed by atoms with E-state index < -0.39 is 5.66 Å². The van der Waals surface area contributed by atoms with Crippen molar-refractivity contribution in [3.8, 4) is 22.5 Å². The number of rotatable bonds is 0. The van der Waals surface area contributed by atoms with Crippen molar-refractivity contribution in [3.05, 3.63) is 118 Å². The maximum Gasteiger partial charge on any atom is 0.417 e. The summed E-state index contributed by atoms with van der Waals surface area (Å²) in [7, 11) is 0. The molecule has 0 fully saturated rings. The maximum absolute atomic E-state index is 9.37. The summed E-state index contributed by atoms with van der Waals surface area (Å²) < 4.78 is 48.1. The fourth-order valence-electron chi connectivity index (χ4n) is 6.90. The van der Waals surface area contributed by atoms with Gasteiger partial charge in [-0.2, -0.15) is 0 Å². The molecule has 7 aromatic rings. The molecule has 0 bridgehead atoms. The highest BCUT2D eigenvalue weighted by atomic mass is 32.1. The van der Waals surface area contributed by atoms with E-state index in [1.807, 2.05) is 4.57 Å². The summed E-state index contributed by atoms with van der Waals surface area (Å²) in [5.41, 5.74) is 8.81. The summed E-state index contributed by atoms with van der Waals surface area (Å²) >= 11 is 1.71. The van der Waals surface area contributed by atoms with Crippen LogP contribution in [0.25, 0.3) is 54.5 Å². The molecule has 2 aliphatic heterocycles. The molecular formula is C35H26N2OS+2. The van der Waals surface area contributed by atoms with Gasteiger partial charge in [0.05, 0.1) is 14.4 Å². The van der Waals surface area contributed by atoms with E-state index in [0.717, 1.165) is 65.5 Å². The monoisotopic (exact) mass is 526 g/mol. The zero-order valence-corrected chi connectivity index (χ0v) is 22.8. The Morgan fingerprint density at radius 1 is 0.795 bits per heavy atom. The average molecular weight is 527 g/mol. The van der Waals surface area contributed by atoms with Crippen LogP contribution in [0.15, 0.2) is 89.5 Å². The van der Waals surface area contributed by atoms with Gasteiger partial charge in [0.2, 0.25) is 11.4 Å². The number of benzene rings is 3. The van der Waals surface area contributed by atoms with Crippen LogP contribution in [0.4, 0.5) is 0 Å². The second kappa shape index (κ2) is 7.02. The average Bonchev–Trinajstić information content (AvgIpc) is 3.70. The van der Waals surface area contributed by atoms with E-state index in [0.29, 0.717) is 16.8 Å². The minimum Gasteiger partial charge on any atom is -0.454 e. The largest absolute Gasteiger partial charge is 0.454 e. The van der Waals surface area contributed by atoms with Crippen LogP contribution in [0.3, 0.4) is 0 Å². The molecule has 3 nitrogen and oxygen atoms in total. The van der Waals surface area contributed by atoms with E-state index in [9.17, 15) is 2.74 Å². The molecule has 3 aromatic carbocycles. The Labute approximate surface area is 235 Å². The quantitative estimate of drug-likeness (QED) is 0.184. The molecule has 0 saturated carbocycles. The Hall–Kier alpha value is -4.28. The lowest BCUT2D eigenvalue weighted by Gasteiger charge is -2.18. The highest BCUT2D eigenvalue weighted by molar-refractivity contribution is 7.19. The van der Waals surface area contributed by atoms with E-state index in [1.165, 1.54) is 4.88 Å². The van der Waals surface area contributed by atoms with Crippen LogP contribution in [0.1, 0.15) is 38.2 Å². The van der Waals surface area contributed by atoms with Crippen molar-refractivity contribution in [3.63, 3.8) is 0 Å². The van der Waals surface area contributed by atoms with Gasteiger partial charge in [-0.25, -0.2) is 0 Å². The zero-order chi connectivity index (χ0) is 29.7. The highest BCUT2D eigenvalue weighted by Crippen LogP contribution is 2.51. The van der Waals surface area contributed by atoms with Gasteiger partial charge in [-0.15, -0.1) is 20.5 Å². The molecule has 0 N–H and O–H groups in total. The number of hydrogen-bond acceptors (Lipinski definition) is 2. The molecule has 39 heavy (non-hydrogen) atoms. The second-order valence-electron chi connectivity index (χ2n) is 11.0. The van der Waals surface area contributed by atoms with Gasteiger partial charge < -0.3 is 4.42 Å². The van der Waals surface area contributed by atoms with E-state index >= 15 is 0 Å². The van der Waals surface area contributed by atoms with E-state index in [4.69, 9.17) is 7.16 Å². The second-order valence-corrected chi connectivity index (χ2v) is 12.2. The third-order valence-electron chi connectivity index (χ3n) is 8.72. The van der Waals surface area contributed by atoms with Gasteiger partial charge in [-0.1, -0.05) is 17.7 Å². The smallest absolute Gasteiger partial charge is 0.417 e. The van der Waals surface area contributed by atoms with Gasteiger partial charge >= 0.3 is 5.66 Å². The Morgan fingerprint density at radius 2 is 1.64 bits per heavy atom. The van der Waals surface area contributed by atoms with Crippen molar-refractivity contribution in [2.24, 2.45) is 0 Å². The van der Waals surface area contributed by atoms with E-state index in [-0.39, 0.29) is 24.3 Å². The predicted octanol–water partition coefficient (Wildman–Crippen LogP) is 7.87. The lowest BCUT2D eigenvalue weighted by molar-refractivity contribution is -0.955. The van der Waals surface area contributed by atoms with Crippen molar-refractivity contribution in [2.75, 3.05) is 0 Å². The van der Waals surface area contributed by atoms with Gasteiger partial charge in [0.15, 0.2) is 18.0 Å². The van der Waals surface area contributed by atoms with Crippen molar-refractivity contribution < 1.29 is 19.0 Å². The number of aryl methyl sites for hydroxylation is 4. The number of fused-ring (bicyclic) bond motifs is 16. The lowest BCUT2D eigenvalue weighted by Crippen LogP contribution is -2.71. The molecule has 1 atom stereocenters. The van der Waals surface area contributed by atoms with Crippen molar-refractivity contribution in [2.45, 2.75) is 33.4 Å². The molecule has 0 saturated heterocycles. The lowest BCUT2D eigenvalue weighted by atomic mass is 9.88. The zero-order valence-electron chi connectivity index (χ0n) is 26.0. The molecule has 6 heterocycles. The van der Waals surface area contributed by atoms with Crippen molar-refractivity contribution >= 4 is 43.4 Å². The first-order chi connectivity index (χ1) is 20.6. The fourth-order valence-corrected chi connectivity index (χ4v) is 7.90. The van der Waals surface area contributed by atoms with Gasteiger partial charge in [0.25, 0.3) is 0 Å². The fraction of sp³-hybridized carbons (Fsp3) is 0.143. The summed E-state index contributed by atoms with van der Waals surface area (Å²) in [6.45, 7) is 8.36. The molecule has 1 unspecified atom stereocenters. The van der Waals surface area contributed by atoms with Crippen LogP contribution < -0.4 is 9.13 Å². The molecule has 186 valence electrons. The predicted molar refractivity (Wildman–Crippen MR) is 157 cm³/mol. The van der Waals surface area contributed by atoms with Crippen LogP contribution in [0.5, 0.6) is 0 Å². The number of pyridine rings is 2. The molecule has 2 aliphatic rings. The number of aromatic nitrogens is 2. The maximum atomic E-state index is 9.37. The van der Waals surface area contributed by atoms with Crippen LogP contribution in [-0.2, 0) is 5.66 Å². The molecule has 0 radical (unpaired) electrons. The normalized spacial score (nSPS) is 18.3. The first-order valence-corrected chi connectivity index (χ1v) is 14.0. The molecule has 4 aromatic heterocycles. The summed E-state index contributed by atoms with van der Waals surface area (Å²) in [5.74, 6) is 0. The first-order valence-electron chi connectivity index (χ1n) is 15.2. The minimum absolute atomic E-state index is 0.0729. The standard InChI is InChI=1S/C35H26N2OS/c1-19-8-10-26-28(15-19)35(37-18-21(3)20(2)16-30(26)37)27-13-12-24-25-11-9-23-17-22(4)39-34(23)33(25)38-32(24)31(27)29-7-5-6-14-36(29)35/h5-18H,1-4H3/q+2/i5D,6D,7D,14D. The first kappa shape index (κ1) is 18.1. The number of nitrogens with zero attached hydrogens (tertiary/aromatic N) is 2. The number of hydrogen-bond donors (Lipinski definition) is 0. The molecule has 0 aliphatic carbocycles. The van der Waals surface area contributed by atoms with Crippen LogP contribution in [-0.4, -0.2) is 0 Å². The molecule has 0 amide bonds. The van der Waals surface area contributed by atoms with Crippen molar-refractivity contribution in [1.82, 2.24) is 0 Å². The Morgan fingerprint density at radius 3 is 2.54 bits per heavy atom. The highest BCUT2D eigenvalue weighted by Gasteiger charge is 2.67. The Kier molecular flexibility index (Phi) is 3.25.